The number of rotatable bonds is 8. The van der Waals surface area contributed by atoms with Gasteiger partial charge in [0.2, 0.25) is 5.91 Å². The summed E-state index contributed by atoms with van der Waals surface area (Å²) >= 11 is 0. The van der Waals surface area contributed by atoms with Crippen LogP contribution in [0.4, 0.5) is 0 Å². The first-order chi connectivity index (χ1) is 11.2. The fraction of sp³-hybridized carbons (Fsp3) is 0.632. The molecule has 1 saturated carbocycles. The third-order valence-electron chi connectivity index (χ3n) is 4.41. The van der Waals surface area contributed by atoms with Crippen molar-refractivity contribution in [1.82, 2.24) is 5.32 Å². The van der Waals surface area contributed by atoms with Crippen molar-refractivity contribution in [3.05, 3.63) is 24.3 Å². The Morgan fingerprint density at radius 3 is 2.57 bits per heavy atom. The Morgan fingerprint density at radius 1 is 1.17 bits per heavy atom. The average molecular weight is 319 g/mol. The van der Waals surface area contributed by atoms with Gasteiger partial charge in [-0.25, -0.2) is 0 Å². The molecule has 128 valence electrons. The minimum atomic E-state index is 0.144. The van der Waals surface area contributed by atoms with Gasteiger partial charge in [0, 0.05) is 12.5 Å². The van der Waals surface area contributed by atoms with E-state index in [2.05, 4.69) is 12.2 Å². The monoisotopic (exact) mass is 319 g/mol. The third-order valence-corrected chi connectivity index (χ3v) is 4.41. The van der Waals surface area contributed by atoms with E-state index in [1.165, 1.54) is 19.3 Å². The summed E-state index contributed by atoms with van der Waals surface area (Å²) in [5.74, 6) is 2.25. The highest BCUT2D eigenvalue weighted by Crippen LogP contribution is 2.26. The minimum absolute atomic E-state index is 0.144. The van der Waals surface area contributed by atoms with Crippen LogP contribution in [0.1, 0.15) is 52.4 Å². The van der Waals surface area contributed by atoms with Crippen LogP contribution in [-0.2, 0) is 4.79 Å². The maximum Gasteiger partial charge on any atom is 0.220 e. The smallest absolute Gasteiger partial charge is 0.220 e. The molecule has 0 spiro atoms. The lowest BCUT2D eigenvalue weighted by molar-refractivity contribution is -0.122. The zero-order valence-corrected chi connectivity index (χ0v) is 14.3. The molecule has 2 rings (SSSR count). The molecule has 2 atom stereocenters. The summed E-state index contributed by atoms with van der Waals surface area (Å²) in [5.41, 5.74) is 0. The zero-order chi connectivity index (χ0) is 16.5. The molecule has 23 heavy (non-hydrogen) atoms. The first kappa shape index (κ1) is 17.6. The van der Waals surface area contributed by atoms with E-state index in [1.807, 2.05) is 31.2 Å². The number of hydrogen-bond donors (Lipinski definition) is 1. The number of hydrogen-bond acceptors (Lipinski definition) is 3. The van der Waals surface area contributed by atoms with Crippen LogP contribution in [0.3, 0.4) is 0 Å². The molecule has 1 aliphatic carbocycles. The number of para-hydroxylation sites is 2. The molecule has 1 N–H and O–H groups in total. The summed E-state index contributed by atoms with van der Waals surface area (Å²) in [5, 5.41) is 3.18. The Morgan fingerprint density at radius 2 is 1.87 bits per heavy atom. The second-order valence-corrected chi connectivity index (χ2v) is 6.27. The Bertz CT molecular complexity index is 489. The summed E-state index contributed by atoms with van der Waals surface area (Å²) in [7, 11) is 0. The number of amides is 1. The second-order valence-electron chi connectivity index (χ2n) is 6.27. The van der Waals surface area contributed by atoms with Crippen LogP contribution >= 0.6 is 0 Å². The van der Waals surface area contributed by atoms with E-state index < -0.39 is 0 Å². The van der Waals surface area contributed by atoms with Crippen LogP contribution in [0, 0.1) is 5.92 Å². The maximum atomic E-state index is 12.0. The molecule has 0 bridgehead atoms. The van der Waals surface area contributed by atoms with Crippen LogP contribution in [0.5, 0.6) is 11.5 Å². The Balaban J connectivity index is 1.68. The molecule has 4 nitrogen and oxygen atoms in total. The molecule has 1 amide bonds. The van der Waals surface area contributed by atoms with Crippen molar-refractivity contribution in [2.24, 2.45) is 5.92 Å². The lowest BCUT2D eigenvalue weighted by Gasteiger charge is -2.29. The van der Waals surface area contributed by atoms with E-state index in [-0.39, 0.29) is 5.91 Å². The van der Waals surface area contributed by atoms with E-state index in [9.17, 15) is 4.79 Å². The molecule has 0 aliphatic heterocycles. The van der Waals surface area contributed by atoms with E-state index in [0.29, 0.717) is 38.0 Å². The van der Waals surface area contributed by atoms with Crippen molar-refractivity contribution in [2.75, 3.05) is 13.2 Å². The average Bonchev–Trinajstić information content (AvgIpc) is 2.55. The first-order valence-electron chi connectivity index (χ1n) is 8.84. The van der Waals surface area contributed by atoms with Gasteiger partial charge in [0.1, 0.15) is 0 Å². The Kier molecular flexibility index (Phi) is 7.24. The van der Waals surface area contributed by atoms with Crippen molar-refractivity contribution >= 4 is 5.91 Å². The fourth-order valence-corrected chi connectivity index (χ4v) is 3.07. The van der Waals surface area contributed by atoms with Crippen LogP contribution in [0.25, 0.3) is 0 Å². The van der Waals surface area contributed by atoms with E-state index in [0.717, 1.165) is 17.9 Å². The van der Waals surface area contributed by atoms with Crippen LogP contribution in [0.2, 0.25) is 0 Å². The predicted octanol–water partition coefficient (Wildman–Crippen LogP) is 3.94. The highest BCUT2D eigenvalue weighted by molar-refractivity contribution is 5.76. The van der Waals surface area contributed by atoms with Gasteiger partial charge in [0.15, 0.2) is 11.5 Å². The number of carbonyl (C=O) groups is 1. The number of carbonyl (C=O) groups excluding carboxylic acids is 1. The molecule has 1 aromatic carbocycles. The molecule has 1 fully saturated rings. The number of ether oxygens (including phenoxy) is 2. The summed E-state index contributed by atoms with van der Waals surface area (Å²) in [4.78, 5) is 12.0. The fourth-order valence-electron chi connectivity index (χ4n) is 3.07. The molecule has 0 radical (unpaired) electrons. The van der Waals surface area contributed by atoms with E-state index in [4.69, 9.17) is 9.47 Å². The van der Waals surface area contributed by atoms with Gasteiger partial charge in [-0.15, -0.1) is 0 Å². The standard InChI is InChI=1S/C19H29NO3/c1-3-22-17-11-6-7-12-18(17)23-14-8-13-19(21)20-16-10-5-4-9-15(16)2/h6-7,11-12,15-16H,3-5,8-10,13-14H2,1-2H3,(H,20,21). The quantitative estimate of drug-likeness (QED) is 0.738. The molecule has 0 aromatic heterocycles. The van der Waals surface area contributed by atoms with Gasteiger partial charge in [0.05, 0.1) is 13.2 Å². The highest BCUT2D eigenvalue weighted by Gasteiger charge is 2.22. The summed E-state index contributed by atoms with van der Waals surface area (Å²) in [6.07, 6.45) is 6.09. The summed E-state index contributed by atoms with van der Waals surface area (Å²) in [6, 6.07) is 8.01. The third kappa shape index (κ3) is 5.77. The Labute approximate surface area is 139 Å². The molecular weight excluding hydrogens is 290 g/mol. The van der Waals surface area contributed by atoms with Gasteiger partial charge in [-0.3, -0.25) is 4.79 Å². The topological polar surface area (TPSA) is 47.6 Å². The van der Waals surface area contributed by atoms with Gasteiger partial charge in [0.25, 0.3) is 0 Å². The van der Waals surface area contributed by atoms with Gasteiger partial charge in [-0.1, -0.05) is 31.9 Å². The molecule has 0 saturated heterocycles. The second kappa shape index (κ2) is 9.43. The van der Waals surface area contributed by atoms with Crippen molar-refractivity contribution in [3.63, 3.8) is 0 Å². The summed E-state index contributed by atoms with van der Waals surface area (Å²) in [6.45, 7) is 5.32. The molecule has 0 heterocycles. The van der Waals surface area contributed by atoms with E-state index >= 15 is 0 Å². The van der Waals surface area contributed by atoms with Crippen LogP contribution < -0.4 is 14.8 Å². The van der Waals surface area contributed by atoms with Crippen LogP contribution in [-0.4, -0.2) is 25.2 Å². The normalized spacial score (nSPS) is 20.8. The molecule has 4 heteroatoms. The highest BCUT2D eigenvalue weighted by atomic mass is 16.5. The van der Waals surface area contributed by atoms with Gasteiger partial charge < -0.3 is 14.8 Å². The molecule has 1 aromatic rings. The zero-order valence-electron chi connectivity index (χ0n) is 14.3. The largest absolute Gasteiger partial charge is 0.490 e. The Hall–Kier alpha value is -1.71. The molecular formula is C19H29NO3. The van der Waals surface area contributed by atoms with Crippen molar-refractivity contribution in [1.29, 1.82) is 0 Å². The molecule has 2 unspecified atom stereocenters. The number of nitrogens with one attached hydrogen (secondary N) is 1. The van der Waals surface area contributed by atoms with Crippen LogP contribution in [0.15, 0.2) is 24.3 Å². The number of benzene rings is 1. The van der Waals surface area contributed by atoms with Crippen molar-refractivity contribution in [2.45, 2.75) is 58.4 Å². The SMILES string of the molecule is CCOc1ccccc1OCCCC(=O)NC1CCCCC1C. The van der Waals surface area contributed by atoms with Gasteiger partial charge >= 0.3 is 0 Å². The minimum Gasteiger partial charge on any atom is -0.490 e. The van der Waals surface area contributed by atoms with E-state index in [1.54, 1.807) is 0 Å². The lowest BCUT2D eigenvalue weighted by Crippen LogP contribution is -2.41. The van der Waals surface area contributed by atoms with Crippen molar-refractivity contribution < 1.29 is 14.3 Å². The predicted molar refractivity (Wildman–Crippen MR) is 91.9 cm³/mol. The first-order valence-corrected chi connectivity index (χ1v) is 8.84. The maximum absolute atomic E-state index is 12.0. The lowest BCUT2D eigenvalue weighted by atomic mass is 9.86. The summed E-state index contributed by atoms with van der Waals surface area (Å²) < 4.78 is 11.3. The van der Waals surface area contributed by atoms with Gasteiger partial charge in [-0.2, -0.15) is 0 Å². The van der Waals surface area contributed by atoms with Gasteiger partial charge in [-0.05, 0) is 44.2 Å². The molecule has 1 aliphatic rings. The van der Waals surface area contributed by atoms with Crippen molar-refractivity contribution in [3.8, 4) is 11.5 Å².